The summed E-state index contributed by atoms with van der Waals surface area (Å²) in [6, 6.07) is 7.07. The largest absolute Gasteiger partial charge is 0.481 e. The van der Waals surface area contributed by atoms with Crippen molar-refractivity contribution in [2.24, 2.45) is 0 Å². The molecule has 4 heteroatoms. The van der Waals surface area contributed by atoms with Gasteiger partial charge in [-0.1, -0.05) is 12.1 Å². The van der Waals surface area contributed by atoms with Gasteiger partial charge in [0.2, 0.25) is 0 Å². The Morgan fingerprint density at radius 3 is 2.18 bits per heavy atom. The van der Waals surface area contributed by atoms with Gasteiger partial charge in [-0.2, -0.15) is 0 Å². The van der Waals surface area contributed by atoms with Crippen LogP contribution in [0.1, 0.15) is 25.5 Å². The molecule has 0 saturated carbocycles. The molecular weight excluding hydrogens is 218 g/mol. The van der Waals surface area contributed by atoms with Gasteiger partial charge in [-0.15, -0.1) is 0 Å². The number of hydrogen-bond acceptors (Lipinski definition) is 3. The number of nitrogens with zero attached hydrogens (tertiary/aromatic N) is 1. The van der Waals surface area contributed by atoms with Crippen molar-refractivity contribution in [1.82, 2.24) is 4.90 Å². The fraction of sp³-hybridized carbons (Fsp3) is 0.462. The lowest BCUT2D eigenvalue weighted by atomic mass is 10.1. The third-order valence-corrected chi connectivity index (χ3v) is 2.46. The summed E-state index contributed by atoms with van der Waals surface area (Å²) in [4.78, 5) is 13.1. The number of carbonyl (C=O) groups is 1. The van der Waals surface area contributed by atoms with Crippen LogP contribution >= 0.6 is 0 Å². The highest BCUT2D eigenvalue weighted by Gasteiger charge is 2.16. The molecule has 0 spiro atoms. The van der Waals surface area contributed by atoms with Crippen LogP contribution in [0.3, 0.4) is 0 Å². The van der Waals surface area contributed by atoms with Gasteiger partial charge in [0.25, 0.3) is 5.91 Å². The van der Waals surface area contributed by atoms with E-state index >= 15 is 0 Å². The fourth-order valence-corrected chi connectivity index (χ4v) is 1.44. The van der Waals surface area contributed by atoms with Crippen molar-refractivity contribution in [3.8, 4) is 5.75 Å². The minimum atomic E-state index is -0.512. The highest BCUT2D eigenvalue weighted by molar-refractivity contribution is 5.80. The molecule has 0 aliphatic rings. The van der Waals surface area contributed by atoms with Gasteiger partial charge < -0.3 is 14.7 Å². The molecule has 1 aromatic carbocycles. The molecule has 0 aliphatic heterocycles. The zero-order valence-corrected chi connectivity index (χ0v) is 10.7. The van der Waals surface area contributed by atoms with E-state index in [1.807, 2.05) is 0 Å². The molecule has 0 radical (unpaired) electrons. The van der Waals surface area contributed by atoms with Gasteiger partial charge in [0.05, 0.1) is 6.10 Å². The van der Waals surface area contributed by atoms with Crippen LogP contribution in [-0.2, 0) is 4.79 Å². The first kappa shape index (κ1) is 13.5. The van der Waals surface area contributed by atoms with Crippen LogP contribution in [0.2, 0.25) is 0 Å². The lowest BCUT2D eigenvalue weighted by molar-refractivity contribution is -0.135. The van der Waals surface area contributed by atoms with E-state index in [2.05, 4.69) is 0 Å². The van der Waals surface area contributed by atoms with Gasteiger partial charge in [0.15, 0.2) is 6.10 Å². The van der Waals surface area contributed by atoms with Crippen LogP contribution in [0.5, 0.6) is 5.75 Å². The fourth-order valence-electron chi connectivity index (χ4n) is 1.44. The van der Waals surface area contributed by atoms with E-state index < -0.39 is 12.2 Å². The van der Waals surface area contributed by atoms with Crippen molar-refractivity contribution in [1.29, 1.82) is 0 Å². The van der Waals surface area contributed by atoms with Crippen LogP contribution in [0.25, 0.3) is 0 Å². The number of rotatable bonds is 4. The third kappa shape index (κ3) is 3.75. The summed E-state index contributed by atoms with van der Waals surface area (Å²) >= 11 is 0. The Labute approximate surface area is 102 Å². The van der Waals surface area contributed by atoms with E-state index in [1.54, 1.807) is 52.2 Å². The predicted molar refractivity (Wildman–Crippen MR) is 65.9 cm³/mol. The Balaban J connectivity index is 2.66. The maximum absolute atomic E-state index is 11.6. The van der Waals surface area contributed by atoms with E-state index in [0.29, 0.717) is 5.75 Å². The molecule has 17 heavy (non-hydrogen) atoms. The third-order valence-electron chi connectivity index (χ3n) is 2.46. The van der Waals surface area contributed by atoms with Crippen molar-refractivity contribution in [3.05, 3.63) is 29.8 Å². The van der Waals surface area contributed by atoms with Crippen LogP contribution < -0.4 is 4.74 Å². The van der Waals surface area contributed by atoms with Crippen molar-refractivity contribution >= 4 is 5.91 Å². The normalized spacial score (nSPS) is 13.9. The number of amides is 1. The molecule has 4 nitrogen and oxygen atoms in total. The van der Waals surface area contributed by atoms with Gasteiger partial charge in [-0.05, 0) is 31.5 Å². The second kappa shape index (κ2) is 5.68. The molecule has 1 N–H and O–H groups in total. The summed E-state index contributed by atoms with van der Waals surface area (Å²) in [5, 5.41) is 9.36. The predicted octanol–water partition coefficient (Wildman–Crippen LogP) is 1.60. The number of hydrogen-bond donors (Lipinski definition) is 1. The zero-order valence-electron chi connectivity index (χ0n) is 10.7. The van der Waals surface area contributed by atoms with Crippen LogP contribution in [-0.4, -0.2) is 36.1 Å². The molecule has 2 atom stereocenters. The number of ether oxygens (including phenoxy) is 1. The summed E-state index contributed by atoms with van der Waals surface area (Å²) in [6.07, 6.45) is -1.01. The van der Waals surface area contributed by atoms with Crippen LogP contribution in [0, 0.1) is 0 Å². The van der Waals surface area contributed by atoms with Gasteiger partial charge in [0, 0.05) is 14.1 Å². The highest BCUT2D eigenvalue weighted by Crippen LogP contribution is 2.18. The zero-order chi connectivity index (χ0) is 13.0. The standard InChI is InChI=1S/C13H19NO3/c1-9(15)11-5-7-12(8-6-11)17-10(2)13(16)14(3)4/h5-10,15H,1-4H3. The summed E-state index contributed by atoms with van der Waals surface area (Å²) in [7, 11) is 3.39. The second-order valence-corrected chi connectivity index (χ2v) is 4.24. The summed E-state index contributed by atoms with van der Waals surface area (Å²) in [5.41, 5.74) is 0.823. The van der Waals surface area contributed by atoms with Crippen molar-refractivity contribution in [3.63, 3.8) is 0 Å². The van der Waals surface area contributed by atoms with E-state index in [1.165, 1.54) is 4.90 Å². The summed E-state index contributed by atoms with van der Waals surface area (Å²) < 4.78 is 5.50. The van der Waals surface area contributed by atoms with Crippen molar-refractivity contribution in [2.45, 2.75) is 26.1 Å². The molecule has 1 rings (SSSR count). The van der Waals surface area contributed by atoms with E-state index in [0.717, 1.165) is 5.56 Å². The average Bonchev–Trinajstić information content (AvgIpc) is 2.28. The summed E-state index contributed by atoms with van der Waals surface area (Å²) in [6.45, 7) is 3.42. The Hall–Kier alpha value is -1.55. The molecule has 0 aromatic heterocycles. The maximum atomic E-state index is 11.6. The quantitative estimate of drug-likeness (QED) is 0.865. The number of aliphatic hydroxyl groups excluding tert-OH is 1. The molecule has 0 saturated heterocycles. The minimum absolute atomic E-state index is 0.0791. The molecule has 1 amide bonds. The molecule has 0 fully saturated rings. The van der Waals surface area contributed by atoms with Gasteiger partial charge in [0.1, 0.15) is 5.75 Å². The molecule has 94 valence electrons. The highest BCUT2D eigenvalue weighted by atomic mass is 16.5. The van der Waals surface area contributed by atoms with Gasteiger partial charge >= 0.3 is 0 Å². The maximum Gasteiger partial charge on any atom is 0.262 e. The number of likely N-dealkylation sites (N-methyl/N-ethyl adjacent to an activating group) is 1. The first-order valence-electron chi connectivity index (χ1n) is 5.57. The summed E-state index contributed by atoms with van der Waals surface area (Å²) in [5.74, 6) is 0.543. The lowest BCUT2D eigenvalue weighted by Gasteiger charge is -2.18. The van der Waals surface area contributed by atoms with Crippen LogP contribution in [0.15, 0.2) is 24.3 Å². The Morgan fingerprint density at radius 2 is 1.76 bits per heavy atom. The Morgan fingerprint density at radius 1 is 1.24 bits per heavy atom. The smallest absolute Gasteiger partial charge is 0.262 e. The molecule has 0 heterocycles. The van der Waals surface area contributed by atoms with Crippen molar-refractivity contribution in [2.75, 3.05) is 14.1 Å². The lowest BCUT2D eigenvalue weighted by Crippen LogP contribution is -2.35. The molecule has 2 unspecified atom stereocenters. The number of carbonyl (C=O) groups excluding carboxylic acids is 1. The second-order valence-electron chi connectivity index (χ2n) is 4.24. The first-order chi connectivity index (χ1) is 7.91. The Bertz CT molecular complexity index is 371. The molecular formula is C13H19NO3. The van der Waals surface area contributed by atoms with Crippen molar-refractivity contribution < 1.29 is 14.6 Å². The van der Waals surface area contributed by atoms with Gasteiger partial charge in [-0.25, -0.2) is 0 Å². The first-order valence-corrected chi connectivity index (χ1v) is 5.57. The van der Waals surface area contributed by atoms with E-state index in [-0.39, 0.29) is 5.91 Å². The SMILES string of the molecule is CC(Oc1ccc(C(C)O)cc1)C(=O)N(C)C. The number of benzene rings is 1. The number of aliphatic hydroxyl groups is 1. The van der Waals surface area contributed by atoms with E-state index in [4.69, 9.17) is 4.74 Å². The average molecular weight is 237 g/mol. The van der Waals surface area contributed by atoms with Gasteiger partial charge in [-0.3, -0.25) is 4.79 Å². The molecule has 1 aromatic rings. The monoisotopic (exact) mass is 237 g/mol. The minimum Gasteiger partial charge on any atom is -0.481 e. The van der Waals surface area contributed by atoms with E-state index in [9.17, 15) is 9.90 Å². The molecule has 0 bridgehead atoms. The Kier molecular flexibility index (Phi) is 4.52. The topological polar surface area (TPSA) is 49.8 Å². The van der Waals surface area contributed by atoms with Crippen LogP contribution in [0.4, 0.5) is 0 Å². The molecule has 0 aliphatic carbocycles.